The van der Waals surface area contributed by atoms with Gasteiger partial charge in [-0.05, 0) is 43.7 Å². The Kier molecular flexibility index (Phi) is 7.11. The topological polar surface area (TPSA) is 74.0 Å². The molecule has 31 heavy (non-hydrogen) atoms. The second-order valence-electron chi connectivity index (χ2n) is 6.52. The molecule has 0 atom stereocenters. The normalized spacial score (nSPS) is 11.5. The van der Waals surface area contributed by atoms with Gasteiger partial charge in [0.25, 0.3) is 5.91 Å². The highest BCUT2D eigenvalue weighted by molar-refractivity contribution is 6.32. The zero-order valence-electron chi connectivity index (χ0n) is 16.3. The van der Waals surface area contributed by atoms with E-state index in [0.717, 1.165) is 0 Å². The van der Waals surface area contributed by atoms with Gasteiger partial charge in [0.1, 0.15) is 11.4 Å². The van der Waals surface area contributed by atoms with E-state index in [-0.39, 0.29) is 37.1 Å². The number of aryl methyl sites for hydroxylation is 1. The van der Waals surface area contributed by atoms with E-state index in [4.69, 9.17) is 27.9 Å². The molecule has 0 saturated carbocycles. The molecular weight excluding hydrogens is 458 g/mol. The number of carbonyl (C=O) groups excluding carboxylic acids is 1. The number of benzene rings is 1. The summed E-state index contributed by atoms with van der Waals surface area (Å²) in [6, 6.07) is 8.28. The monoisotopic (exact) mass is 475 g/mol. The molecule has 0 saturated heterocycles. The number of nitrogens with one attached hydrogen (secondary N) is 1. The Labute approximate surface area is 185 Å². The zero-order chi connectivity index (χ0) is 22.6. The molecule has 0 aliphatic carbocycles. The van der Waals surface area contributed by atoms with Gasteiger partial charge in [0.2, 0.25) is 0 Å². The fraction of sp³-hybridized carbons (Fsp3) is 0.316. The summed E-state index contributed by atoms with van der Waals surface area (Å²) in [5, 5.41) is 10.5. The predicted octanol–water partition coefficient (Wildman–Crippen LogP) is 4.57. The summed E-state index contributed by atoms with van der Waals surface area (Å²) in [4.78, 5) is 12.4. The highest BCUT2D eigenvalue weighted by Gasteiger charge is 2.38. The molecule has 0 aliphatic heterocycles. The fourth-order valence-corrected chi connectivity index (χ4v) is 3.11. The molecule has 0 unspecified atom stereocenters. The molecule has 0 fully saturated rings. The van der Waals surface area contributed by atoms with E-state index in [9.17, 15) is 18.0 Å². The minimum absolute atomic E-state index is 0.0165. The van der Waals surface area contributed by atoms with Crippen molar-refractivity contribution in [2.75, 3.05) is 6.54 Å². The maximum Gasteiger partial charge on any atom is 0.436 e. The molecular formula is C19H18Cl2F3N5O2. The number of carbonyl (C=O) groups is 1. The molecule has 1 N–H and O–H groups in total. The molecule has 0 radical (unpaired) electrons. The van der Waals surface area contributed by atoms with Crippen molar-refractivity contribution < 1.29 is 22.7 Å². The molecule has 1 amide bonds. The van der Waals surface area contributed by atoms with Crippen LogP contribution in [0.3, 0.4) is 0 Å². The van der Waals surface area contributed by atoms with Crippen LogP contribution in [0, 0.1) is 6.92 Å². The van der Waals surface area contributed by atoms with Gasteiger partial charge in [-0.3, -0.25) is 9.48 Å². The third kappa shape index (κ3) is 5.71. The van der Waals surface area contributed by atoms with E-state index < -0.39 is 16.9 Å². The number of hydrogen-bond acceptors (Lipinski definition) is 4. The summed E-state index contributed by atoms with van der Waals surface area (Å²) >= 11 is 11.6. The van der Waals surface area contributed by atoms with Gasteiger partial charge in [0, 0.05) is 24.3 Å². The fourth-order valence-electron chi connectivity index (χ4n) is 2.74. The van der Waals surface area contributed by atoms with Crippen molar-refractivity contribution in [2.45, 2.75) is 32.8 Å². The second-order valence-corrected chi connectivity index (χ2v) is 7.34. The van der Waals surface area contributed by atoms with E-state index in [1.54, 1.807) is 24.3 Å². The number of halogens is 5. The van der Waals surface area contributed by atoms with Crippen LogP contribution in [-0.4, -0.2) is 32.0 Å². The lowest BCUT2D eigenvalue weighted by Gasteiger charge is -2.10. The Morgan fingerprint density at radius 2 is 1.87 bits per heavy atom. The van der Waals surface area contributed by atoms with Crippen molar-refractivity contribution in [3.63, 3.8) is 0 Å². The minimum Gasteiger partial charge on any atom is -0.471 e. The maximum atomic E-state index is 12.9. The molecule has 2 aromatic heterocycles. The highest BCUT2D eigenvalue weighted by atomic mass is 35.5. The Bertz CT molecular complexity index is 1050. The number of aromatic nitrogens is 4. The van der Waals surface area contributed by atoms with Gasteiger partial charge < -0.3 is 10.1 Å². The van der Waals surface area contributed by atoms with Crippen molar-refractivity contribution in [3.05, 3.63) is 63.7 Å². The van der Waals surface area contributed by atoms with Gasteiger partial charge in [0.05, 0.1) is 10.7 Å². The average molecular weight is 476 g/mol. The Morgan fingerprint density at radius 1 is 1.16 bits per heavy atom. The van der Waals surface area contributed by atoms with Crippen molar-refractivity contribution in [2.24, 2.45) is 0 Å². The summed E-state index contributed by atoms with van der Waals surface area (Å²) in [6.07, 6.45) is -2.79. The lowest BCUT2D eigenvalue weighted by Crippen LogP contribution is -2.28. The number of rotatable bonds is 8. The zero-order valence-corrected chi connectivity index (χ0v) is 17.8. The van der Waals surface area contributed by atoms with Crippen LogP contribution < -0.4 is 10.1 Å². The smallest absolute Gasteiger partial charge is 0.436 e. The first-order chi connectivity index (χ1) is 14.7. The number of hydrogen-bond donors (Lipinski definition) is 1. The van der Waals surface area contributed by atoms with E-state index in [1.807, 2.05) is 0 Å². The standard InChI is InChI=1S/C19H18Cl2F3N5O2/c1-12-16(21)17(19(22,23)24)27-28(12)10-2-8-25-18(30)15-7-9-26-29(15)11-31-14-5-3-13(20)4-6-14/h3-7,9H,2,8,10-11H2,1H3,(H,25,30). The van der Waals surface area contributed by atoms with Gasteiger partial charge in [-0.2, -0.15) is 23.4 Å². The van der Waals surface area contributed by atoms with Crippen LogP contribution in [-0.2, 0) is 19.5 Å². The van der Waals surface area contributed by atoms with Crippen molar-refractivity contribution >= 4 is 29.1 Å². The maximum absolute atomic E-state index is 12.9. The Hall–Kier alpha value is -2.72. The Balaban J connectivity index is 1.51. The van der Waals surface area contributed by atoms with E-state index >= 15 is 0 Å². The molecule has 3 aromatic rings. The molecule has 7 nitrogen and oxygen atoms in total. The summed E-state index contributed by atoms with van der Waals surface area (Å²) in [5.74, 6) is 0.182. The lowest BCUT2D eigenvalue weighted by molar-refractivity contribution is -0.141. The Morgan fingerprint density at radius 3 is 2.52 bits per heavy atom. The van der Waals surface area contributed by atoms with E-state index in [2.05, 4.69) is 15.5 Å². The summed E-state index contributed by atoms with van der Waals surface area (Å²) in [7, 11) is 0. The van der Waals surface area contributed by atoms with Crippen molar-refractivity contribution in [1.29, 1.82) is 0 Å². The van der Waals surface area contributed by atoms with Gasteiger partial charge in [-0.1, -0.05) is 23.2 Å². The van der Waals surface area contributed by atoms with Crippen LogP contribution in [0.1, 0.15) is 28.3 Å². The van der Waals surface area contributed by atoms with Gasteiger partial charge in [-0.15, -0.1) is 0 Å². The van der Waals surface area contributed by atoms with Crippen LogP contribution in [0.2, 0.25) is 10.0 Å². The van der Waals surface area contributed by atoms with Crippen LogP contribution >= 0.6 is 23.2 Å². The highest BCUT2D eigenvalue weighted by Crippen LogP contribution is 2.35. The molecule has 0 aliphatic rings. The molecule has 166 valence electrons. The van der Waals surface area contributed by atoms with Crippen molar-refractivity contribution in [1.82, 2.24) is 24.9 Å². The molecule has 3 rings (SSSR count). The number of nitrogens with zero attached hydrogens (tertiary/aromatic N) is 4. The molecule has 1 aromatic carbocycles. The largest absolute Gasteiger partial charge is 0.471 e. The number of ether oxygens (including phenoxy) is 1. The summed E-state index contributed by atoms with van der Waals surface area (Å²) < 4.78 is 46.8. The number of alkyl halides is 3. The third-order valence-electron chi connectivity index (χ3n) is 4.35. The SMILES string of the molecule is Cc1c(Cl)c(C(F)(F)F)nn1CCCNC(=O)c1ccnn1COc1ccc(Cl)cc1. The third-order valence-corrected chi connectivity index (χ3v) is 5.05. The minimum atomic E-state index is -4.62. The van der Waals surface area contributed by atoms with E-state index in [0.29, 0.717) is 17.2 Å². The molecule has 0 spiro atoms. The van der Waals surface area contributed by atoms with Gasteiger partial charge in [-0.25, -0.2) is 4.68 Å². The van der Waals surface area contributed by atoms with Crippen LogP contribution in [0.25, 0.3) is 0 Å². The van der Waals surface area contributed by atoms with Crippen LogP contribution in [0.5, 0.6) is 5.75 Å². The first-order valence-electron chi connectivity index (χ1n) is 9.15. The quantitative estimate of drug-likeness (QED) is 0.484. The summed E-state index contributed by atoms with van der Waals surface area (Å²) in [6.45, 7) is 1.87. The van der Waals surface area contributed by atoms with E-state index in [1.165, 1.54) is 28.6 Å². The van der Waals surface area contributed by atoms with Gasteiger partial charge >= 0.3 is 6.18 Å². The second kappa shape index (κ2) is 9.61. The van der Waals surface area contributed by atoms with Crippen LogP contribution in [0.15, 0.2) is 36.5 Å². The predicted molar refractivity (Wildman–Crippen MR) is 108 cm³/mol. The first kappa shape index (κ1) is 23.0. The van der Waals surface area contributed by atoms with Crippen LogP contribution in [0.4, 0.5) is 13.2 Å². The number of amides is 1. The first-order valence-corrected chi connectivity index (χ1v) is 9.91. The molecule has 0 bridgehead atoms. The average Bonchev–Trinajstić information content (AvgIpc) is 3.30. The molecule has 12 heteroatoms. The lowest BCUT2D eigenvalue weighted by atomic mass is 10.3. The van der Waals surface area contributed by atoms with Gasteiger partial charge in [0.15, 0.2) is 12.4 Å². The van der Waals surface area contributed by atoms with Crippen molar-refractivity contribution in [3.8, 4) is 5.75 Å². The molecule has 2 heterocycles. The summed E-state index contributed by atoms with van der Waals surface area (Å²) in [5.41, 5.74) is -0.607.